The molecule has 0 unspecified atom stereocenters. The smallest absolute Gasteiger partial charge is 0.255 e. The molecule has 0 saturated carbocycles. The Morgan fingerprint density at radius 2 is 2.44 bits per heavy atom. The van der Waals surface area contributed by atoms with Gasteiger partial charge in [0.1, 0.15) is 5.82 Å². The van der Waals surface area contributed by atoms with Crippen molar-refractivity contribution >= 4 is 5.96 Å². The van der Waals surface area contributed by atoms with Crippen LogP contribution < -0.4 is 16.6 Å². The number of hydrogen-bond acceptors (Lipinski definition) is 3. The molecule has 0 bridgehead atoms. The van der Waals surface area contributed by atoms with Gasteiger partial charge in [-0.1, -0.05) is 6.92 Å². The summed E-state index contributed by atoms with van der Waals surface area (Å²) in [5, 5.41) is 2.93. The Morgan fingerprint density at radius 1 is 1.69 bits per heavy atom. The maximum Gasteiger partial charge on any atom is 0.255 e. The number of guanidine groups is 1. The quantitative estimate of drug-likeness (QED) is 0.490. The third-order valence-corrected chi connectivity index (χ3v) is 1.98. The fourth-order valence-electron chi connectivity index (χ4n) is 1.10. The summed E-state index contributed by atoms with van der Waals surface area (Å²) in [4.78, 5) is 22.1. The van der Waals surface area contributed by atoms with E-state index in [-0.39, 0.29) is 12.1 Å². The Labute approximate surface area is 94.0 Å². The van der Waals surface area contributed by atoms with E-state index in [2.05, 4.69) is 20.3 Å². The maximum atomic E-state index is 11.4. The minimum atomic E-state index is -0.167. The summed E-state index contributed by atoms with van der Waals surface area (Å²) in [5.74, 6) is 0.941. The Bertz CT molecular complexity index is 423. The van der Waals surface area contributed by atoms with Crippen LogP contribution in [0, 0.1) is 6.92 Å². The summed E-state index contributed by atoms with van der Waals surface area (Å²) < 4.78 is 0. The summed E-state index contributed by atoms with van der Waals surface area (Å²) >= 11 is 0. The molecule has 0 atom stereocenters. The number of aromatic nitrogens is 2. The van der Waals surface area contributed by atoms with Gasteiger partial charge in [-0.05, 0) is 13.3 Å². The molecule has 0 spiro atoms. The molecule has 0 aromatic carbocycles. The second kappa shape index (κ2) is 5.89. The number of aryl methyl sites for hydroxylation is 1. The van der Waals surface area contributed by atoms with Crippen molar-refractivity contribution in [1.82, 2.24) is 15.3 Å². The molecule has 0 saturated heterocycles. The third kappa shape index (κ3) is 3.72. The van der Waals surface area contributed by atoms with E-state index in [1.54, 1.807) is 6.92 Å². The van der Waals surface area contributed by atoms with Crippen molar-refractivity contribution in [2.24, 2.45) is 10.7 Å². The van der Waals surface area contributed by atoms with Crippen LogP contribution in [0.5, 0.6) is 0 Å². The summed E-state index contributed by atoms with van der Waals surface area (Å²) in [6.07, 6.45) is 2.49. The first-order valence-electron chi connectivity index (χ1n) is 5.22. The number of aromatic amines is 1. The van der Waals surface area contributed by atoms with Gasteiger partial charge in [0.05, 0.1) is 12.1 Å². The molecule has 0 radical (unpaired) electrons. The Hall–Kier alpha value is -1.85. The second-order valence-electron chi connectivity index (χ2n) is 3.45. The largest absolute Gasteiger partial charge is 0.370 e. The lowest BCUT2D eigenvalue weighted by molar-refractivity contribution is 0.823. The van der Waals surface area contributed by atoms with Gasteiger partial charge in [-0.3, -0.25) is 4.79 Å². The molecule has 1 rings (SSSR count). The predicted molar refractivity (Wildman–Crippen MR) is 63.2 cm³/mol. The van der Waals surface area contributed by atoms with Crippen molar-refractivity contribution < 1.29 is 0 Å². The third-order valence-electron chi connectivity index (χ3n) is 1.98. The number of nitrogens with two attached hydrogens (primary N) is 1. The summed E-state index contributed by atoms with van der Waals surface area (Å²) in [7, 11) is 0. The van der Waals surface area contributed by atoms with E-state index in [0.717, 1.165) is 13.0 Å². The zero-order valence-corrected chi connectivity index (χ0v) is 9.58. The first-order chi connectivity index (χ1) is 7.63. The zero-order valence-electron chi connectivity index (χ0n) is 9.58. The molecule has 6 nitrogen and oxygen atoms in total. The Kier molecular flexibility index (Phi) is 4.50. The second-order valence-corrected chi connectivity index (χ2v) is 3.45. The van der Waals surface area contributed by atoms with Gasteiger partial charge < -0.3 is 16.0 Å². The molecule has 4 N–H and O–H groups in total. The van der Waals surface area contributed by atoms with Crippen LogP contribution in [-0.2, 0) is 6.54 Å². The summed E-state index contributed by atoms with van der Waals surface area (Å²) in [6.45, 7) is 4.78. The minimum absolute atomic E-state index is 0.167. The van der Waals surface area contributed by atoms with Crippen molar-refractivity contribution in [3.63, 3.8) is 0 Å². The van der Waals surface area contributed by atoms with Crippen molar-refractivity contribution in [3.8, 4) is 0 Å². The number of aliphatic imine (C=N–C) groups is 1. The zero-order chi connectivity index (χ0) is 12.0. The highest BCUT2D eigenvalue weighted by Crippen LogP contribution is 1.91. The fraction of sp³-hybridized carbons (Fsp3) is 0.500. The molecular weight excluding hydrogens is 206 g/mol. The molecule has 6 heteroatoms. The lowest BCUT2D eigenvalue weighted by Crippen LogP contribution is -2.32. The van der Waals surface area contributed by atoms with Gasteiger partial charge in [0, 0.05) is 12.7 Å². The van der Waals surface area contributed by atoms with Crippen LogP contribution in [-0.4, -0.2) is 22.5 Å². The van der Waals surface area contributed by atoms with Gasteiger partial charge in [0.15, 0.2) is 5.96 Å². The molecule has 0 aliphatic heterocycles. The van der Waals surface area contributed by atoms with Crippen LogP contribution in [0.3, 0.4) is 0 Å². The standard InChI is InChI=1S/C10H17N5O/c1-3-4-12-10(11)14-6-8-5-13-7(2)15-9(8)16/h5H,3-4,6H2,1-2H3,(H3,11,12,14)(H,13,15,16). The van der Waals surface area contributed by atoms with Crippen LogP contribution in [0.1, 0.15) is 24.7 Å². The van der Waals surface area contributed by atoms with E-state index in [9.17, 15) is 4.79 Å². The number of nitrogens with zero attached hydrogens (tertiary/aromatic N) is 2. The summed E-state index contributed by atoms with van der Waals surface area (Å²) in [5.41, 5.74) is 5.93. The van der Waals surface area contributed by atoms with Crippen molar-refractivity contribution in [2.45, 2.75) is 26.8 Å². The predicted octanol–water partition coefficient (Wildman–Crippen LogP) is -0.107. The number of H-pyrrole nitrogens is 1. The number of rotatable bonds is 4. The molecule has 1 aromatic heterocycles. The normalized spacial score (nSPS) is 11.5. The Balaban J connectivity index is 2.63. The molecule has 0 aliphatic carbocycles. The van der Waals surface area contributed by atoms with E-state index in [0.29, 0.717) is 17.3 Å². The number of hydrogen-bond donors (Lipinski definition) is 3. The number of nitrogens with one attached hydrogen (secondary N) is 2. The molecule has 0 fully saturated rings. The average Bonchev–Trinajstić information content (AvgIpc) is 2.25. The lowest BCUT2D eigenvalue weighted by Gasteiger charge is -2.02. The van der Waals surface area contributed by atoms with Crippen LogP contribution in [0.4, 0.5) is 0 Å². The van der Waals surface area contributed by atoms with E-state index in [4.69, 9.17) is 5.73 Å². The van der Waals surface area contributed by atoms with E-state index < -0.39 is 0 Å². The molecule has 0 aliphatic rings. The Morgan fingerprint density at radius 3 is 3.06 bits per heavy atom. The lowest BCUT2D eigenvalue weighted by atomic mass is 10.3. The van der Waals surface area contributed by atoms with Crippen LogP contribution in [0.25, 0.3) is 0 Å². The van der Waals surface area contributed by atoms with Gasteiger partial charge in [-0.25, -0.2) is 9.98 Å². The maximum absolute atomic E-state index is 11.4. The molecular formula is C10H17N5O. The molecule has 16 heavy (non-hydrogen) atoms. The first-order valence-corrected chi connectivity index (χ1v) is 5.22. The van der Waals surface area contributed by atoms with Gasteiger partial charge in [-0.15, -0.1) is 0 Å². The molecule has 1 aromatic rings. The fourth-order valence-corrected chi connectivity index (χ4v) is 1.10. The van der Waals surface area contributed by atoms with Crippen LogP contribution >= 0.6 is 0 Å². The van der Waals surface area contributed by atoms with Gasteiger partial charge >= 0.3 is 0 Å². The van der Waals surface area contributed by atoms with Crippen molar-refractivity contribution in [1.29, 1.82) is 0 Å². The minimum Gasteiger partial charge on any atom is -0.370 e. The van der Waals surface area contributed by atoms with Crippen molar-refractivity contribution in [3.05, 3.63) is 27.9 Å². The molecule has 1 heterocycles. The van der Waals surface area contributed by atoms with Crippen LogP contribution in [0.2, 0.25) is 0 Å². The van der Waals surface area contributed by atoms with Crippen LogP contribution in [0.15, 0.2) is 16.0 Å². The average molecular weight is 223 g/mol. The first kappa shape index (κ1) is 12.2. The molecule has 88 valence electrons. The van der Waals surface area contributed by atoms with Crippen molar-refractivity contribution in [2.75, 3.05) is 6.54 Å². The van der Waals surface area contributed by atoms with Gasteiger partial charge in [0.25, 0.3) is 5.56 Å². The van der Waals surface area contributed by atoms with Gasteiger partial charge in [0.2, 0.25) is 0 Å². The summed E-state index contributed by atoms with van der Waals surface area (Å²) in [6, 6.07) is 0. The SMILES string of the molecule is CCCNC(N)=NCc1cnc(C)[nH]c1=O. The van der Waals surface area contributed by atoms with E-state index in [1.165, 1.54) is 6.20 Å². The van der Waals surface area contributed by atoms with E-state index in [1.807, 2.05) is 6.92 Å². The van der Waals surface area contributed by atoms with E-state index >= 15 is 0 Å². The highest BCUT2D eigenvalue weighted by Gasteiger charge is 1.99. The van der Waals surface area contributed by atoms with Gasteiger partial charge in [-0.2, -0.15) is 0 Å². The highest BCUT2D eigenvalue weighted by atomic mass is 16.1. The monoisotopic (exact) mass is 223 g/mol. The topological polar surface area (TPSA) is 96.2 Å². The molecule has 0 amide bonds. The highest BCUT2D eigenvalue weighted by molar-refractivity contribution is 5.77.